The van der Waals surface area contributed by atoms with Crippen molar-refractivity contribution < 1.29 is 4.79 Å². The van der Waals surface area contributed by atoms with Crippen molar-refractivity contribution >= 4 is 17.2 Å². The maximum atomic E-state index is 11.8. The first-order chi connectivity index (χ1) is 8.20. The molecule has 0 aliphatic carbocycles. The third-order valence-electron chi connectivity index (χ3n) is 2.20. The Balaban J connectivity index is 2.10. The number of nitrogens with one attached hydrogen (secondary N) is 1. The number of thiophene rings is 1. The fourth-order valence-electron chi connectivity index (χ4n) is 1.38. The van der Waals surface area contributed by atoms with Crippen LogP contribution in [0, 0.1) is 11.3 Å². The van der Waals surface area contributed by atoms with E-state index in [4.69, 9.17) is 5.26 Å². The van der Waals surface area contributed by atoms with E-state index in [1.165, 1.54) is 17.5 Å². The highest BCUT2D eigenvalue weighted by molar-refractivity contribution is 7.10. The molecule has 1 unspecified atom stereocenters. The fraction of sp³-hybridized carbons (Fsp3) is 0.182. The summed E-state index contributed by atoms with van der Waals surface area (Å²) in [6, 6.07) is 5.12. The highest BCUT2D eigenvalue weighted by atomic mass is 32.1. The summed E-state index contributed by atoms with van der Waals surface area (Å²) in [5.41, 5.74) is 0.448. The van der Waals surface area contributed by atoms with E-state index in [1.54, 1.807) is 17.9 Å². The van der Waals surface area contributed by atoms with Gasteiger partial charge in [-0.15, -0.1) is 11.3 Å². The van der Waals surface area contributed by atoms with Gasteiger partial charge in [-0.25, -0.2) is 0 Å². The lowest BCUT2D eigenvalue weighted by atomic mass is 10.2. The van der Waals surface area contributed by atoms with Gasteiger partial charge in [-0.2, -0.15) is 10.4 Å². The van der Waals surface area contributed by atoms with Gasteiger partial charge in [-0.3, -0.25) is 9.48 Å². The van der Waals surface area contributed by atoms with Gasteiger partial charge < -0.3 is 5.32 Å². The summed E-state index contributed by atoms with van der Waals surface area (Å²) in [4.78, 5) is 12.6. The van der Waals surface area contributed by atoms with Crippen molar-refractivity contribution in [2.24, 2.45) is 7.05 Å². The van der Waals surface area contributed by atoms with Crippen molar-refractivity contribution in [1.82, 2.24) is 15.1 Å². The summed E-state index contributed by atoms with van der Waals surface area (Å²) < 4.78 is 1.54. The Bertz CT molecular complexity index is 552. The summed E-state index contributed by atoms with van der Waals surface area (Å²) in [6.45, 7) is 0. The molecule has 1 N–H and O–H groups in total. The van der Waals surface area contributed by atoms with Crippen LogP contribution in [-0.2, 0) is 7.05 Å². The predicted octanol–water partition coefficient (Wildman–Crippen LogP) is 1.48. The number of aromatic nitrogens is 2. The molecular weight excluding hydrogens is 236 g/mol. The van der Waals surface area contributed by atoms with Crippen LogP contribution in [0.15, 0.2) is 29.9 Å². The van der Waals surface area contributed by atoms with Gasteiger partial charge in [-0.1, -0.05) is 6.07 Å². The van der Waals surface area contributed by atoms with Gasteiger partial charge in [0.1, 0.15) is 0 Å². The number of rotatable bonds is 3. The third kappa shape index (κ3) is 2.52. The highest BCUT2D eigenvalue weighted by Crippen LogP contribution is 2.18. The first kappa shape index (κ1) is 11.4. The average Bonchev–Trinajstić information content (AvgIpc) is 2.96. The maximum Gasteiger partial charge on any atom is 0.255 e. The van der Waals surface area contributed by atoms with Crippen LogP contribution in [0.2, 0.25) is 0 Å². The molecule has 1 amide bonds. The Kier molecular flexibility index (Phi) is 3.21. The summed E-state index contributed by atoms with van der Waals surface area (Å²) in [7, 11) is 1.73. The largest absolute Gasteiger partial charge is 0.332 e. The van der Waals surface area contributed by atoms with Gasteiger partial charge in [0.25, 0.3) is 5.91 Å². The molecule has 0 aliphatic rings. The summed E-state index contributed by atoms with van der Waals surface area (Å²) >= 11 is 1.44. The minimum atomic E-state index is -0.609. The van der Waals surface area contributed by atoms with Crippen molar-refractivity contribution in [1.29, 1.82) is 5.26 Å². The zero-order valence-electron chi connectivity index (χ0n) is 9.12. The van der Waals surface area contributed by atoms with Crippen LogP contribution in [0.25, 0.3) is 0 Å². The monoisotopic (exact) mass is 246 g/mol. The van der Waals surface area contributed by atoms with Crippen molar-refractivity contribution in [2.75, 3.05) is 0 Å². The molecule has 86 valence electrons. The lowest BCUT2D eigenvalue weighted by molar-refractivity contribution is 0.0945. The van der Waals surface area contributed by atoms with Gasteiger partial charge in [0.05, 0.1) is 17.8 Å². The number of hydrogen-bond acceptors (Lipinski definition) is 4. The third-order valence-corrected chi connectivity index (χ3v) is 3.14. The van der Waals surface area contributed by atoms with E-state index < -0.39 is 6.04 Å². The average molecular weight is 246 g/mol. The van der Waals surface area contributed by atoms with E-state index in [2.05, 4.69) is 16.5 Å². The summed E-state index contributed by atoms with van der Waals surface area (Å²) in [5, 5.41) is 17.5. The minimum absolute atomic E-state index is 0.293. The van der Waals surface area contributed by atoms with Crippen molar-refractivity contribution in [2.45, 2.75) is 6.04 Å². The van der Waals surface area contributed by atoms with Gasteiger partial charge in [0.15, 0.2) is 6.04 Å². The Morgan fingerprint density at radius 1 is 1.71 bits per heavy atom. The molecule has 0 bridgehead atoms. The predicted molar refractivity (Wildman–Crippen MR) is 63.3 cm³/mol. The second-order valence-corrected chi connectivity index (χ2v) is 4.43. The van der Waals surface area contributed by atoms with Crippen LogP contribution in [0.1, 0.15) is 21.3 Å². The topological polar surface area (TPSA) is 70.7 Å². The van der Waals surface area contributed by atoms with Gasteiger partial charge in [0.2, 0.25) is 0 Å². The highest BCUT2D eigenvalue weighted by Gasteiger charge is 2.16. The summed E-state index contributed by atoms with van der Waals surface area (Å²) in [6.07, 6.45) is 3.08. The van der Waals surface area contributed by atoms with Crippen LogP contribution < -0.4 is 5.32 Å². The molecule has 0 radical (unpaired) electrons. The smallest absolute Gasteiger partial charge is 0.255 e. The maximum absolute atomic E-state index is 11.8. The molecule has 0 aromatic carbocycles. The van der Waals surface area contributed by atoms with Crippen LogP contribution in [0.5, 0.6) is 0 Å². The number of aryl methyl sites for hydroxylation is 1. The van der Waals surface area contributed by atoms with Crippen LogP contribution in [-0.4, -0.2) is 15.7 Å². The van der Waals surface area contributed by atoms with Gasteiger partial charge in [0, 0.05) is 18.1 Å². The quantitative estimate of drug-likeness (QED) is 0.891. The molecular formula is C11H10N4OS. The lowest BCUT2D eigenvalue weighted by Crippen LogP contribution is -2.26. The Labute approximate surface area is 102 Å². The van der Waals surface area contributed by atoms with Crippen LogP contribution >= 0.6 is 11.3 Å². The van der Waals surface area contributed by atoms with Crippen LogP contribution in [0.4, 0.5) is 0 Å². The Morgan fingerprint density at radius 3 is 3.06 bits per heavy atom. The van der Waals surface area contributed by atoms with E-state index >= 15 is 0 Å². The second-order valence-electron chi connectivity index (χ2n) is 3.45. The van der Waals surface area contributed by atoms with Crippen molar-refractivity contribution in [3.63, 3.8) is 0 Å². The standard InChI is InChI=1S/C11H10N4OS/c1-15-7-8(6-13-15)11(16)14-9(5-12)10-3-2-4-17-10/h2-4,6-7,9H,1H3,(H,14,16). The van der Waals surface area contributed by atoms with Gasteiger partial charge >= 0.3 is 0 Å². The normalized spacial score (nSPS) is 11.8. The minimum Gasteiger partial charge on any atom is -0.332 e. The fourth-order valence-corrected chi connectivity index (χ4v) is 2.09. The molecule has 5 nitrogen and oxygen atoms in total. The molecule has 0 saturated carbocycles. The molecule has 0 fully saturated rings. The number of nitriles is 1. The number of amides is 1. The number of hydrogen-bond donors (Lipinski definition) is 1. The molecule has 1 atom stereocenters. The molecule has 2 heterocycles. The zero-order chi connectivity index (χ0) is 12.3. The van der Waals surface area contributed by atoms with Crippen LogP contribution in [0.3, 0.4) is 0 Å². The van der Waals surface area contributed by atoms with Crippen molar-refractivity contribution in [3.05, 3.63) is 40.3 Å². The molecule has 0 saturated heterocycles. The van der Waals surface area contributed by atoms with E-state index in [-0.39, 0.29) is 5.91 Å². The van der Waals surface area contributed by atoms with E-state index in [0.717, 1.165) is 4.88 Å². The Hall–Kier alpha value is -2.13. The number of carbonyl (C=O) groups excluding carboxylic acids is 1. The SMILES string of the molecule is Cn1cc(C(=O)NC(C#N)c2cccs2)cn1. The molecule has 2 rings (SSSR count). The van der Waals surface area contributed by atoms with E-state index in [9.17, 15) is 4.79 Å². The van der Waals surface area contributed by atoms with E-state index in [1.807, 2.05) is 17.5 Å². The second kappa shape index (κ2) is 4.80. The first-order valence-corrected chi connectivity index (χ1v) is 5.81. The first-order valence-electron chi connectivity index (χ1n) is 4.93. The molecule has 0 spiro atoms. The zero-order valence-corrected chi connectivity index (χ0v) is 9.94. The summed E-state index contributed by atoms with van der Waals surface area (Å²) in [5.74, 6) is -0.293. The Morgan fingerprint density at radius 2 is 2.53 bits per heavy atom. The van der Waals surface area contributed by atoms with Gasteiger partial charge in [-0.05, 0) is 11.4 Å². The number of carbonyl (C=O) groups is 1. The van der Waals surface area contributed by atoms with E-state index in [0.29, 0.717) is 5.56 Å². The molecule has 6 heteroatoms. The molecule has 2 aromatic rings. The molecule has 0 aliphatic heterocycles. The van der Waals surface area contributed by atoms with Crippen molar-refractivity contribution in [3.8, 4) is 6.07 Å². The lowest BCUT2D eigenvalue weighted by Gasteiger charge is -2.08. The molecule has 17 heavy (non-hydrogen) atoms. The number of nitrogens with zero attached hydrogens (tertiary/aromatic N) is 3. The molecule has 2 aromatic heterocycles.